The summed E-state index contributed by atoms with van der Waals surface area (Å²) >= 11 is 1.39. The zero-order valence-corrected chi connectivity index (χ0v) is 20.5. The molecule has 0 aliphatic rings. The number of fused-ring (bicyclic) bond motifs is 1. The van der Waals surface area contributed by atoms with Gasteiger partial charge in [-0.05, 0) is 52.8 Å². The van der Waals surface area contributed by atoms with Crippen LogP contribution < -0.4 is 11.1 Å². The Morgan fingerprint density at radius 3 is 2.68 bits per heavy atom. The van der Waals surface area contributed by atoms with E-state index in [0.717, 1.165) is 15.6 Å². The molecule has 0 aliphatic heterocycles. The van der Waals surface area contributed by atoms with Gasteiger partial charge in [-0.1, -0.05) is 36.4 Å². The quantitative estimate of drug-likeness (QED) is 0.171. The van der Waals surface area contributed by atoms with E-state index in [1.165, 1.54) is 11.3 Å². The summed E-state index contributed by atoms with van der Waals surface area (Å²) in [6.07, 6.45) is 3.49. The second-order valence-electron chi connectivity index (χ2n) is 8.08. The average molecular weight is 521 g/mol. The molecular formula is C26H24N4O6S. The van der Waals surface area contributed by atoms with E-state index in [1.54, 1.807) is 30.6 Å². The van der Waals surface area contributed by atoms with Gasteiger partial charge in [0.05, 0.1) is 21.2 Å². The third kappa shape index (κ3) is 6.66. The summed E-state index contributed by atoms with van der Waals surface area (Å²) in [4.78, 5) is 45.1. The summed E-state index contributed by atoms with van der Waals surface area (Å²) in [6.45, 7) is -0.163. The summed E-state index contributed by atoms with van der Waals surface area (Å²) in [5, 5.41) is 14.3. The molecule has 10 nitrogen and oxygen atoms in total. The van der Waals surface area contributed by atoms with Crippen LogP contribution in [0, 0.1) is 10.1 Å². The number of nitrogens with zero attached hydrogens (tertiary/aromatic N) is 2. The maximum Gasteiger partial charge on any atom is 0.338 e. The Balaban J connectivity index is 1.55. The minimum Gasteiger partial charge on any atom is -0.457 e. The van der Waals surface area contributed by atoms with Crippen LogP contribution >= 0.6 is 11.3 Å². The number of nitrogens with two attached hydrogens (primary N) is 1. The van der Waals surface area contributed by atoms with E-state index in [1.807, 2.05) is 42.5 Å². The molecule has 37 heavy (non-hydrogen) atoms. The van der Waals surface area contributed by atoms with Gasteiger partial charge < -0.3 is 20.6 Å². The average Bonchev–Trinajstić information content (AvgIpc) is 3.31. The van der Waals surface area contributed by atoms with E-state index < -0.39 is 17.0 Å². The van der Waals surface area contributed by atoms with Crippen molar-refractivity contribution in [3.8, 4) is 0 Å². The summed E-state index contributed by atoms with van der Waals surface area (Å²) in [6, 6.07) is 17.7. The molecule has 1 unspecified atom stereocenters. The number of hydrogen-bond acceptors (Lipinski definition) is 9. The number of ether oxygens (including phenoxy) is 1. The van der Waals surface area contributed by atoms with Gasteiger partial charge >= 0.3 is 5.97 Å². The fourth-order valence-corrected chi connectivity index (χ4v) is 4.79. The van der Waals surface area contributed by atoms with E-state index in [9.17, 15) is 19.7 Å². The highest BCUT2D eigenvalue weighted by Crippen LogP contribution is 2.30. The molecule has 0 aliphatic carbocycles. The lowest BCUT2D eigenvalue weighted by molar-refractivity contribution is -0.757. The van der Waals surface area contributed by atoms with Gasteiger partial charge in [-0.25, -0.2) is 4.79 Å². The summed E-state index contributed by atoms with van der Waals surface area (Å²) < 4.78 is 6.34. The van der Waals surface area contributed by atoms with Crippen LogP contribution in [-0.4, -0.2) is 35.1 Å². The Morgan fingerprint density at radius 1 is 1.14 bits per heavy atom. The van der Waals surface area contributed by atoms with E-state index >= 15 is 0 Å². The second kappa shape index (κ2) is 12.1. The molecule has 0 spiro atoms. The number of esters is 1. The number of hydrogen-bond donors (Lipinski definition) is 2. The predicted octanol–water partition coefficient (Wildman–Crippen LogP) is 4.09. The normalized spacial score (nSPS) is 11.6. The van der Waals surface area contributed by atoms with Gasteiger partial charge in [-0.2, -0.15) is 0 Å². The molecule has 0 fully saturated rings. The number of carbonyl (C=O) groups excluding carboxylic acids is 2. The zero-order chi connectivity index (χ0) is 26.2. The topological polar surface area (TPSA) is 147 Å². The molecule has 2 aromatic heterocycles. The monoisotopic (exact) mass is 520 g/mol. The molecule has 3 N–H and O–H groups in total. The zero-order valence-electron chi connectivity index (χ0n) is 19.7. The number of rotatable bonds is 11. The van der Waals surface area contributed by atoms with Gasteiger partial charge in [-0.3, -0.25) is 9.78 Å². The van der Waals surface area contributed by atoms with Crippen molar-refractivity contribution in [1.29, 1.82) is 0 Å². The van der Waals surface area contributed by atoms with Gasteiger partial charge in [-0.15, -0.1) is 21.5 Å². The first-order valence-corrected chi connectivity index (χ1v) is 12.2. The number of anilines is 1. The molecule has 0 saturated carbocycles. The highest BCUT2D eigenvalue weighted by Gasteiger charge is 2.24. The molecule has 4 rings (SSSR count). The van der Waals surface area contributed by atoms with Gasteiger partial charge in [0.2, 0.25) is 5.91 Å². The number of pyridine rings is 1. The fraction of sp³-hybridized carbons (Fsp3) is 0.192. The third-order valence-electron chi connectivity index (χ3n) is 5.66. The Bertz CT molecular complexity index is 1380. The Kier molecular flexibility index (Phi) is 8.39. The van der Waals surface area contributed by atoms with Gasteiger partial charge in [0.25, 0.3) is 5.09 Å². The number of thiophene rings is 1. The molecule has 1 amide bonds. The molecule has 2 aromatic carbocycles. The lowest BCUT2D eigenvalue weighted by atomic mass is 9.90. The summed E-state index contributed by atoms with van der Waals surface area (Å²) in [7, 11) is 0. The molecular weight excluding hydrogens is 496 g/mol. The first-order chi connectivity index (χ1) is 17.9. The van der Waals surface area contributed by atoms with E-state index in [2.05, 4.69) is 15.1 Å². The minimum absolute atomic E-state index is 0.0147. The van der Waals surface area contributed by atoms with Crippen molar-refractivity contribution in [3.05, 3.63) is 105 Å². The third-order valence-corrected chi connectivity index (χ3v) is 6.66. The van der Waals surface area contributed by atoms with Crippen molar-refractivity contribution in [2.45, 2.75) is 18.9 Å². The highest BCUT2D eigenvalue weighted by atomic mass is 32.1. The van der Waals surface area contributed by atoms with Crippen LogP contribution in [0.3, 0.4) is 0 Å². The number of carbonyl (C=O) groups is 2. The van der Waals surface area contributed by atoms with E-state index in [4.69, 9.17) is 10.5 Å². The largest absolute Gasteiger partial charge is 0.457 e. The van der Waals surface area contributed by atoms with Crippen LogP contribution in [0.25, 0.3) is 10.1 Å². The molecule has 4 aromatic rings. The smallest absolute Gasteiger partial charge is 0.338 e. The summed E-state index contributed by atoms with van der Waals surface area (Å²) in [5.41, 5.74) is 8.16. The van der Waals surface area contributed by atoms with Crippen LogP contribution in [0.15, 0.2) is 73.1 Å². The maximum atomic E-state index is 13.2. The molecule has 190 valence electrons. The lowest BCUT2D eigenvalue weighted by Crippen LogP contribution is -2.28. The van der Waals surface area contributed by atoms with Gasteiger partial charge in [0.1, 0.15) is 13.2 Å². The van der Waals surface area contributed by atoms with Crippen LogP contribution in [-0.2, 0) is 27.4 Å². The van der Waals surface area contributed by atoms with E-state index in [-0.39, 0.29) is 37.6 Å². The molecule has 1 atom stereocenters. The van der Waals surface area contributed by atoms with Crippen molar-refractivity contribution in [3.63, 3.8) is 0 Å². The fourth-order valence-electron chi connectivity index (χ4n) is 3.86. The Morgan fingerprint density at radius 2 is 1.95 bits per heavy atom. The molecule has 2 heterocycles. The van der Waals surface area contributed by atoms with Gasteiger partial charge in [0, 0.05) is 18.9 Å². The molecule has 0 radical (unpaired) electrons. The molecule has 0 bridgehead atoms. The van der Waals surface area contributed by atoms with Crippen LogP contribution in [0.5, 0.6) is 0 Å². The number of nitrogens with one attached hydrogen (secondary N) is 1. The van der Waals surface area contributed by atoms with E-state index in [0.29, 0.717) is 16.1 Å². The van der Waals surface area contributed by atoms with Crippen LogP contribution in [0.2, 0.25) is 0 Å². The maximum absolute atomic E-state index is 13.2. The molecule has 11 heteroatoms. The number of amides is 1. The lowest BCUT2D eigenvalue weighted by Gasteiger charge is -2.19. The summed E-state index contributed by atoms with van der Waals surface area (Å²) in [5.74, 6) is -1.65. The van der Waals surface area contributed by atoms with Crippen molar-refractivity contribution >= 4 is 38.3 Å². The van der Waals surface area contributed by atoms with Crippen LogP contribution in [0.1, 0.15) is 33.0 Å². The minimum atomic E-state index is -0.888. The first kappa shape index (κ1) is 25.7. The van der Waals surface area contributed by atoms with Crippen molar-refractivity contribution in [1.82, 2.24) is 4.98 Å². The SMILES string of the molecule is NCC(C(=O)Nc1cc2ccncc2s1)c1ccc(C(=O)OCc2ccccc2)cc1CCO[N+](=O)[O-]. The molecule has 0 saturated heterocycles. The van der Waals surface area contributed by atoms with Crippen molar-refractivity contribution in [2.75, 3.05) is 18.5 Å². The second-order valence-corrected chi connectivity index (χ2v) is 9.17. The van der Waals surface area contributed by atoms with Crippen LogP contribution in [0.4, 0.5) is 5.00 Å². The predicted molar refractivity (Wildman–Crippen MR) is 139 cm³/mol. The number of benzene rings is 2. The first-order valence-electron chi connectivity index (χ1n) is 11.4. The van der Waals surface area contributed by atoms with Gasteiger partial charge in [0.15, 0.2) is 0 Å². The standard InChI is InChI=1S/C26H24N4O6S/c27-14-22(25(31)29-24-13-19-8-10-28-15-23(19)37-24)21-7-6-20(12-18(21)9-11-36-30(33)34)26(32)35-16-17-4-2-1-3-5-17/h1-8,10,12-13,15,22H,9,11,14,16,27H2,(H,29,31). The Labute approximate surface area is 216 Å². The van der Waals surface area contributed by atoms with Crippen molar-refractivity contribution in [2.24, 2.45) is 5.73 Å². The Hall–Kier alpha value is -4.35. The number of aromatic nitrogens is 1. The van der Waals surface area contributed by atoms with Crippen molar-refractivity contribution < 1.29 is 24.3 Å². The highest BCUT2D eigenvalue weighted by molar-refractivity contribution is 7.22.